The monoisotopic (exact) mass is 770 g/mol. The first-order valence-corrected chi connectivity index (χ1v) is 14.5. The Morgan fingerprint density at radius 1 is 0.689 bits per heavy atom. The van der Waals surface area contributed by atoms with Gasteiger partial charge in [-0.3, -0.25) is 0 Å². The van der Waals surface area contributed by atoms with Crippen LogP contribution in [0.1, 0.15) is 48.4 Å². The molecule has 0 aliphatic rings. The van der Waals surface area contributed by atoms with Crippen LogP contribution in [0.4, 0.5) is 0 Å². The van der Waals surface area contributed by atoms with Gasteiger partial charge in [-0.15, -0.1) is 59.2 Å². The Labute approximate surface area is 289 Å². The van der Waals surface area contributed by atoms with E-state index in [2.05, 4.69) is 81.1 Å². The van der Waals surface area contributed by atoms with E-state index in [0.29, 0.717) is 16.8 Å². The van der Waals surface area contributed by atoms with Gasteiger partial charge in [0, 0.05) is 59.8 Å². The number of hydrogen-bond acceptors (Lipinski definition) is 2. The largest absolute Gasteiger partial charge is 0.350 e. The number of para-hydroxylation sites is 2. The van der Waals surface area contributed by atoms with Crippen molar-refractivity contribution in [3.05, 3.63) is 138 Å². The van der Waals surface area contributed by atoms with E-state index >= 15 is 0 Å². The van der Waals surface area contributed by atoms with E-state index in [-0.39, 0.29) is 31.2 Å². The van der Waals surface area contributed by atoms with Crippen LogP contribution in [-0.2, 0) is 26.5 Å². The zero-order valence-corrected chi connectivity index (χ0v) is 27.5. The van der Waals surface area contributed by atoms with Crippen molar-refractivity contribution in [2.45, 2.75) is 40.8 Å². The molecule has 0 N–H and O–H groups in total. The summed E-state index contributed by atoms with van der Waals surface area (Å²) in [6, 6.07) is 36.9. The van der Waals surface area contributed by atoms with Gasteiger partial charge in [0.1, 0.15) is 0 Å². The van der Waals surface area contributed by atoms with Crippen molar-refractivity contribution < 1.29 is 31.1 Å². The standard InChI is InChI=1S/C28H23N2.C13H12N.Ir/c1-28(2,3)16-18-11-13-24(29-17-18)19-12-14-26-23(15-19)22-9-6-8-21-20-7-4-5-10-25(20)30(26)27(21)22;1-10-3-6-12(7-4-10)13-8-5-11(2)9-14-13;/h4-11,13-15,17H,16H2,1-3H3;3-6,8-9H,1-2H3;/q2*-1;/i16D2;1D3,2D3;. The summed E-state index contributed by atoms with van der Waals surface area (Å²) in [5.41, 5.74) is 6.95. The summed E-state index contributed by atoms with van der Waals surface area (Å²) >= 11 is 0. The third-order valence-electron chi connectivity index (χ3n) is 7.57. The number of fused-ring (bicyclic) bond motifs is 6. The summed E-state index contributed by atoms with van der Waals surface area (Å²) in [5.74, 6) is 0. The maximum absolute atomic E-state index is 8.50. The molecule has 0 unspecified atom stereocenters. The number of hydrogen-bond donors (Lipinski definition) is 0. The van der Waals surface area contributed by atoms with Crippen molar-refractivity contribution in [2.75, 3.05) is 0 Å². The fourth-order valence-corrected chi connectivity index (χ4v) is 5.72. The Kier molecular flexibility index (Phi) is 6.01. The average molecular weight is 770 g/mol. The molecule has 0 fully saturated rings. The van der Waals surface area contributed by atoms with Gasteiger partial charge in [0.15, 0.2) is 0 Å². The van der Waals surface area contributed by atoms with E-state index in [1.54, 1.807) is 18.3 Å². The first-order valence-electron chi connectivity index (χ1n) is 18.5. The van der Waals surface area contributed by atoms with E-state index in [1.807, 2.05) is 32.9 Å². The van der Waals surface area contributed by atoms with Crippen molar-refractivity contribution in [2.24, 2.45) is 5.41 Å². The van der Waals surface area contributed by atoms with Crippen LogP contribution in [0.3, 0.4) is 0 Å². The number of nitrogens with zero attached hydrogens (tertiary/aromatic N) is 3. The Bertz CT molecular complexity index is 2480. The Morgan fingerprint density at radius 3 is 2.07 bits per heavy atom. The number of aromatic nitrogens is 3. The zero-order valence-electron chi connectivity index (χ0n) is 33.1. The molecule has 0 amide bonds. The molecule has 4 aromatic carbocycles. The first-order chi connectivity index (χ1) is 24.4. The van der Waals surface area contributed by atoms with Gasteiger partial charge in [-0.1, -0.05) is 93.7 Å². The molecule has 0 aliphatic carbocycles. The molecule has 1 radical (unpaired) electrons. The molecule has 45 heavy (non-hydrogen) atoms. The summed E-state index contributed by atoms with van der Waals surface area (Å²) in [5, 5.41) is 4.94. The predicted molar refractivity (Wildman–Crippen MR) is 184 cm³/mol. The van der Waals surface area contributed by atoms with Crippen LogP contribution in [0.25, 0.3) is 60.6 Å². The van der Waals surface area contributed by atoms with Crippen LogP contribution in [0.15, 0.2) is 109 Å². The second-order valence-electron chi connectivity index (χ2n) is 11.9. The average Bonchev–Trinajstić information content (AvgIpc) is 3.63. The Hall–Kier alpha value is -4.37. The fourth-order valence-electron chi connectivity index (χ4n) is 5.72. The van der Waals surface area contributed by atoms with Gasteiger partial charge < -0.3 is 14.4 Å². The third kappa shape index (κ3) is 6.01. The minimum absolute atomic E-state index is 0. The van der Waals surface area contributed by atoms with Crippen molar-refractivity contribution >= 4 is 38.1 Å². The molecule has 8 rings (SSSR count). The molecular formula is C41H35IrN3-2. The first kappa shape index (κ1) is 22.2. The molecule has 0 aliphatic heterocycles. The number of rotatable bonds is 3. The van der Waals surface area contributed by atoms with Gasteiger partial charge in [0.25, 0.3) is 0 Å². The molecule has 0 saturated carbocycles. The van der Waals surface area contributed by atoms with E-state index < -0.39 is 25.5 Å². The van der Waals surface area contributed by atoms with Crippen LogP contribution >= 0.6 is 0 Å². The van der Waals surface area contributed by atoms with Gasteiger partial charge in [0.05, 0.1) is 5.52 Å². The second kappa shape index (κ2) is 12.2. The summed E-state index contributed by atoms with van der Waals surface area (Å²) in [6.07, 6.45) is 1.51. The van der Waals surface area contributed by atoms with Gasteiger partial charge >= 0.3 is 0 Å². The molecule has 0 saturated heterocycles. The third-order valence-corrected chi connectivity index (χ3v) is 7.57. The molecule has 4 heterocycles. The number of pyridine rings is 2. The fraction of sp³-hybridized carbons (Fsp3) is 0.171. The molecule has 0 bridgehead atoms. The molecule has 225 valence electrons. The number of benzene rings is 4. The van der Waals surface area contributed by atoms with E-state index in [4.69, 9.17) is 11.0 Å². The molecule has 4 heteroatoms. The smallest absolute Gasteiger partial charge is 0.0516 e. The van der Waals surface area contributed by atoms with Crippen molar-refractivity contribution in [3.8, 4) is 22.5 Å². The van der Waals surface area contributed by atoms with Crippen molar-refractivity contribution in [1.29, 1.82) is 0 Å². The normalized spacial score (nSPS) is 15.1. The summed E-state index contributed by atoms with van der Waals surface area (Å²) < 4.78 is 63.0. The molecule has 0 atom stereocenters. The SMILES string of the molecule is [2H]C([2H])([2H])c1c[c-]c(-c2ccc(C([2H])([2H])[2H])cn2)cc1.[2H]C([2H])(c1ccc(-c2[c-]cc3c(c2)c2cccc4c5ccccc5n3c24)nc1)C(C)(C)C.[Ir]. The molecule has 0 spiro atoms. The summed E-state index contributed by atoms with van der Waals surface area (Å²) in [6.45, 7) is 1.40. The van der Waals surface area contributed by atoms with Gasteiger partial charge in [0.2, 0.25) is 0 Å². The van der Waals surface area contributed by atoms with E-state index in [0.717, 1.165) is 16.8 Å². The molecule has 3 nitrogen and oxygen atoms in total. The maximum Gasteiger partial charge on any atom is 0.0516 e. The Balaban J connectivity index is 0.000000199. The van der Waals surface area contributed by atoms with Crippen LogP contribution < -0.4 is 0 Å². The van der Waals surface area contributed by atoms with Gasteiger partial charge in [-0.25, -0.2) is 0 Å². The molecule has 4 aromatic heterocycles. The maximum atomic E-state index is 8.50. The minimum atomic E-state index is -2.18. The Morgan fingerprint density at radius 2 is 1.38 bits per heavy atom. The quantitative estimate of drug-likeness (QED) is 0.168. The van der Waals surface area contributed by atoms with E-state index in [9.17, 15) is 0 Å². The minimum Gasteiger partial charge on any atom is -0.350 e. The van der Waals surface area contributed by atoms with Crippen molar-refractivity contribution in [1.82, 2.24) is 14.4 Å². The van der Waals surface area contributed by atoms with Crippen molar-refractivity contribution in [3.63, 3.8) is 0 Å². The van der Waals surface area contributed by atoms with Crippen LogP contribution in [0.2, 0.25) is 0 Å². The van der Waals surface area contributed by atoms with Crippen LogP contribution in [-0.4, -0.2) is 14.4 Å². The predicted octanol–water partition coefficient (Wildman–Crippen LogP) is 10.5. The molecular weight excluding hydrogens is 727 g/mol. The second-order valence-corrected chi connectivity index (χ2v) is 11.9. The van der Waals surface area contributed by atoms with Crippen LogP contribution in [0.5, 0.6) is 0 Å². The zero-order chi connectivity index (χ0) is 37.2. The van der Waals surface area contributed by atoms with Gasteiger partial charge in [-0.2, -0.15) is 0 Å². The van der Waals surface area contributed by atoms with Crippen LogP contribution in [0, 0.1) is 31.3 Å². The summed E-state index contributed by atoms with van der Waals surface area (Å²) in [7, 11) is 0. The number of aryl methyl sites for hydroxylation is 2. The van der Waals surface area contributed by atoms with Gasteiger partial charge in [-0.05, 0) is 58.1 Å². The molecule has 8 aromatic rings. The topological polar surface area (TPSA) is 30.2 Å². The van der Waals surface area contributed by atoms with E-state index in [1.165, 1.54) is 57.0 Å². The summed E-state index contributed by atoms with van der Waals surface area (Å²) in [4.78, 5) is 8.69.